The first-order valence-corrected chi connectivity index (χ1v) is 6.80. The van der Waals surface area contributed by atoms with Crippen molar-refractivity contribution in [3.8, 4) is 0 Å². The van der Waals surface area contributed by atoms with Crippen LogP contribution in [0.25, 0.3) is 0 Å². The van der Waals surface area contributed by atoms with E-state index < -0.39 is 5.97 Å². The summed E-state index contributed by atoms with van der Waals surface area (Å²) in [6.07, 6.45) is 1.51. The van der Waals surface area contributed by atoms with Gasteiger partial charge in [-0.15, -0.1) is 6.58 Å². The zero-order chi connectivity index (χ0) is 15.1. The van der Waals surface area contributed by atoms with E-state index in [9.17, 15) is 9.59 Å². The van der Waals surface area contributed by atoms with Crippen LogP contribution in [-0.2, 0) is 11.3 Å². The van der Waals surface area contributed by atoms with Crippen LogP contribution in [-0.4, -0.2) is 47.0 Å². The first-order valence-electron chi connectivity index (χ1n) is 6.01. The van der Waals surface area contributed by atoms with Gasteiger partial charge in [-0.2, -0.15) is 0 Å². The molecule has 0 aliphatic heterocycles. The van der Waals surface area contributed by atoms with Gasteiger partial charge in [0.1, 0.15) is 6.54 Å². The van der Waals surface area contributed by atoms with Gasteiger partial charge in [0.15, 0.2) is 0 Å². The summed E-state index contributed by atoms with van der Waals surface area (Å²) in [5, 5.41) is 8.81. The lowest BCUT2D eigenvalue weighted by molar-refractivity contribution is -0.137. The normalized spacial score (nSPS) is 9.90. The molecular weight excluding hydrogens is 324 g/mol. The molecule has 2 amide bonds. The molecule has 20 heavy (non-hydrogen) atoms. The number of carboxylic acids is 1. The fourth-order valence-corrected chi connectivity index (χ4v) is 1.97. The van der Waals surface area contributed by atoms with E-state index in [2.05, 4.69) is 22.5 Å². The molecule has 0 aromatic heterocycles. The second-order valence-electron chi connectivity index (χ2n) is 4.33. The third-order valence-electron chi connectivity index (χ3n) is 2.61. The molecule has 0 bridgehead atoms. The van der Waals surface area contributed by atoms with Crippen LogP contribution in [0.2, 0.25) is 0 Å². The standard InChI is InChI=1S/C14H17BrN2O3/c1-3-8-17(10-13(18)19)14(20)16(2)9-11-4-6-12(15)7-5-11/h3-7H,1,8-10H2,2H3,(H,18,19). The molecule has 0 spiro atoms. The van der Waals surface area contributed by atoms with E-state index in [1.54, 1.807) is 7.05 Å². The van der Waals surface area contributed by atoms with Gasteiger partial charge in [-0.05, 0) is 17.7 Å². The van der Waals surface area contributed by atoms with Gasteiger partial charge in [0, 0.05) is 24.6 Å². The average Bonchev–Trinajstić information content (AvgIpc) is 2.39. The van der Waals surface area contributed by atoms with Crippen molar-refractivity contribution >= 4 is 27.9 Å². The lowest BCUT2D eigenvalue weighted by Gasteiger charge is -2.26. The Kier molecular flexibility index (Phi) is 6.24. The molecule has 0 unspecified atom stereocenters. The number of hydrogen-bond donors (Lipinski definition) is 1. The Morgan fingerprint density at radius 3 is 2.45 bits per heavy atom. The van der Waals surface area contributed by atoms with Gasteiger partial charge in [0.05, 0.1) is 0 Å². The van der Waals surface area contributed by atoms with Gasteiger partial charge in [-0.1, -0.05) is 34.1 Å². The van der Waals surface area contributed by atoms with E-state index in [4.69, 9.17) is 5.11 Å². The van der Waals surface area contributed by atoms with Gasteiger partial charge in [-0.3, -0.25) is 4.79 Å². The predicted molar refractivity (Wildman–Crippen MR) is 80.4 cm³/mol. The van der Waals surface area contributed by atoms with Crippen molar-refractivity contribution in [2.24, 2.45) is 0 Å². The Morgan fingerprint density at radius 2 is 1.95 bits per heavy atom. The number of carbonyl (C=O) groups is 2. The van der Waals surface area contributed by atoms with Gasteiger partial charge in [0.25, 0.3) is 0 Å². The summed E-state index contributed by atoms with van der Waals surface area (Å²) in [5.41, 5.74) is 0.970. The van der Waals surface area contributed by atoms with Crippen LogP contribution in [0.4, 0.5) is 4.79 Å². The third-order valence-corrected chi connectivity index (χ3v) is 3.13. The fraction of sp³-hybridized carbons (Fsp3) is 0.286. The Hall–Kier alpha value is -1.82. The van der Waals surface area contributed by atoms with E-state index in [0.29, 0.717) is 6.54 Å². The van der Waals surface area contributed by atoms with Crippen molar-refractivity contribution in [1.29, 1.82) is 0 Å². The zero-order valence-electron chi connectivity index (χ0n) is 11.3. The van der Waals surface area contributed by atoms with Crippen molar-refractivity contribution in [3.63, 3.8) is 0 Å². The smallest absolute Gasteiger partial charge is 0.323 e. The average molecular weight is 341 g/mol. The second kappa shape index (κ2) is 7.69. The first-order chi connectivity index (χ1) is 9.43. The number of rotatable bonds is 6. The molecule has 0 atom stereocenters. The summed E-state index contributed by atoms with van der Waals surface area (Å²) in [6, 6.07) is 7.26. The van der Waals surface area contributed by atoms with Crippen LogP contribution in [0, 0.1) is 0 Å². The Bertz CT molecular complexity index is 488. The molecule has 1 rings (SSSR count). The number of hydrogen-bond acceptors (Lipinski definition) is 2. The molecule has 5 nitrogen and oxygen atoms in total. The van der Waals surface area contributed by atoms with Crippen LogP contribution in [0.1, 0.15) is 5.56 Å². The lowest BCUT2D eigenvalue weighted by atomic mass is 10.2. The molecule has 0 fully saturated rings. The Balaban J connectivity index is 2.70. The van der Waals surface area contributed by atoms with Crippen molar-refractivity contribution in [2.75, 3.05) is 20.1 Å². The maximum Gasteiger partial charge on any atom is 0.323 e. The summed E-state index contributed by atoms with van der Waals surface area (Å²) in [7, 11) is 1.64. The van der Waals surface area contributed by atoms with Crippen molar-refractivity contribution in [3.05, 3.63) is 47.0 Å². The summed E-state index contributed by atoms with van der Waals surface area (Å²) < 4.78 is 0.967. The predicted octanol–water partition coefficient (Wildman–Crippen LogP) is 2.57. The van der Waals surface area contributed by atoms with E-state index in [0.717, 1.165) is 10.0 Å². The highest BCUT2D eigenvalue weighted by Gasteiger charge is 2.19. The minimum Gasteiger partial charge on any atom is -0.480 e. The van der Waals surface area contributed by atoms with Gasteiger partial charge < -0.3 is 14.9 Å². The molecule has 108 valence electrons. The molecule has 1 N–H and O–H groups in total. The SMILES string of the molecule is C=CCN(CC(=O)O)C(=O)N(C)Cc1ccc(Br)cc1. The Morgan fingerprint density at radius 1 is 1.35 bits per heavy atom. The van der Waals surface area contributed by atoms with Gasteiger partial charge >= 0.3 is 12.0 Å². The van der Waals surface area contributed by atoms with E-state index in [1.807, 2.05) is 24.3 Å². The molecule has 6 heteroatoms. The number of benzene rings is 1. The number of carboxylic acid groups (broad SMARTS) is 1. The molecular formula is C14H17BrN2O3. The third kappa shape index (κ3) is 5.05. The van der Waals surface area contributed by atoms with Gasteiger partial charge in [0.2, 0.25) is 0 Å². The minimum atomic E-state index is -1.04. The molecule has 0 aliphatic carbocycles. The van der Waals surface area contributed by atoms with Crippen molar-refractivity contribution in [1.82, 2.24) is 9.80 Å². The van der Waals surface area contributed by atoms with Crippen molar-refractivity contribution < 1.29 is 14.7 Å². The highest BCUT2D eigenvalue weighted by atomic mass is 79.9. The number of carbonyl (C=O) groups excluding carboxylic acids is 1. The quantitative estimate of drug-likeness (QED) is 0.809. The number of aliphatic carboxylic acids is 1. The largest absolute Gasteiger partial charge is 0.480 e. The van der Waals surface area contributed by atoms with E-state index in [-0.39, 0.29) is 19.1 Å². The lowest BCUT2D eigenvalue weighted by Crippen LogP contribution is -2.43. The molecule has 1 aromatic carbocycles. The highest BCUT2D eigenvalue weighted by Crippen LogP contribution is 2.12. The molecule has 0 radical (unpaired) electrons. The summed E-state index contributed by atoms with van der Waals surface area (Å²) >= 11 is 3.35. The number of nitrogens with zero attached hydrogens (tertiary/aromatic N) is 2. The monoisotopic (exact) mass is 340 g/mol. The zero-order valence-corrected chi connectivity index (χ0v) is 12.8. The topological polar surface area (TPSA) is 60.9 Å². The maximum atomic E-state index is 12.2. The Labute approximate surface area is 126 Å². The maximum absolute atomic E-state index is 12.2. The first kappa shape index (κ1) is 16.2. The highest BCUT2D eigenvalue weighted by molar-refractivity contribution is 9.10. The molecule has 0 aliphatic rings. The van der Waals surface area contributed by atoms with Crippen LogP contribution in [0.5, 0.6) is 0 Å². The number of amides is 2. The van der Waals surface area contributed by atoms with E-state index in [1.165, 1.54) is 15.9 Å². The van der Waals surface area contributed by atoms with Gasteiger partial charge in [-0.25, -0.2) is 4.79 Å². The van der Waals surface area contributed by atoms with Crippen LogP contribution in [0.3, 0.4) is 0 Å². The fourth-order valence-electron chi connectivity index (χ4n) is 1.70. The summed E-state index contributed by atoms with van der Waals surface area (Å²) in [6.45, 7) is 3.82. The van der Waals surface area contributed by atoms with Crippen LogP contribution in [0.15, 0.2) is 41.4 Å². The number of urea groups is 1. The van der Waals surface area contributed by atoms with Crippen molar-refractivity contribution in [2.45, 2.75) is 6.54 Å². The minimum absolute atomic E-state index is 0.204. The number of halogens is 1. The van der Waals surface area contributed by atoms with E-state index >= 15 is 0 Å². The second-order valence-corrected chi connectivity index (χ2v) is 5.24. The van der Waals surface area contributed by atoms with Crippen LogP contribution < -0.4 is 0 Å². The molecule has 0 saturated carbocycles. The molecule has 0 saturated heterocycles. The van der Waals surface area contributed by atoms with Crippen LogP contribution >= 0.6 is 15.9 Å². The summed E-state index contributed by atoms with van der Waals surface area (Å²) in [5.74, 6) is -1.04. The summed E-state index contributed by atoms with van der Waals surface area (Å²) in [4.78, 5) is 25.6. The molecule has 0 heterocycles. The molecule has 1 aromatic rings.